The molecule has 4 N–H and O–H groups in total. The van der Waals surface area contributed by atoms with Crippen LogP contribution in [0.3, 0.4) is 0 Å². The fourth-order valence-corrected chi connectivity index (χ4v) is 2.40. The second kappa shape index (κ2) is 8.63. The first-order chi connectivity index (χ1) is 9.97. The molecule has 0 amide bonds. The molecule has 0 heterocycles. The Bertz CT molecular complexity index is 570. The molecule has 1 aromatic carbocycles. The number of nitrogens with two attached hydrogens (primary N) is 1. The van der Waals surface area contributed by atoms with Crippen LogP contribution in [0.4, 0.5) is 0 Å². The van der Waals surface area contributed by atoms with Gasteiger partial charge in [-0.05, 0) is 24.1 Å². The van der Waals surface area contributed by atoms with E-state index in [1.807, 2.05) is 6.07 Å². The van der Waals surface area contributed by atoms with Crippen LogP contribution in [0, 0.1) is 0 Å². The van der Waals surface area contributed by atoms with Gasteiger partial charge in [0.15, 0.2) is 5.96 Å². The van der Waals surface area contributed by atoms with Gasteiger partial charge >= 0.3 is 0 Å². The van der Waals surface area contributed by atoms with E-state index in [0.717, 1.165) is 18.5 Å². The average molecular weight is 312 g/mol. The number of guanidine groups is 1. The molecule has 21 heavy (non-hydrogen) atoms. The summed E-state index contributed by atoms with van der Waals surface area (Å²) in [7, 11) is -1.96. The summed E-state index contributed by atoms with van der Waals surface area (Å²) in [5.41, 5.74) is 0.832. The molecule has 1 aromatic rings. The Labute approximate surface area is 126 Å². The number of benzene rings is 1. The lowest BCUT2D eigenvalue weighted by molar-refractivity contribution is 0.597. The molecule has 0 saturated carbocycles. The zero-order chi connectivity index (χ0) is 15.7. The van der Waals surface area contributed by atoms with Gasteiger partial charge in [-0.1, -0.05) is 31.9 Å². The van der Waals surface area contributed by atoms with Gasteiger partial charge in [-0.25, -0.2) is 13.6 Å². The van der Waals surface area contributed by atoms with E-state index >= 15 is 0 Å². The van der Waals surface area contributed by atoms with Gasteiger partial charge in [0.1, 0.15) is 0 Å². The summed E-state index contributed by atoms with van der Waals surface area (Å²) >= 11 is 0. The van der Waals surface area contributed by atoms with Crippen molar-refractivity contribution in [2.24, 2.45) is 10.1 Å². The van der Waals surface area contributed by atoms with E-state index in [1.54, 1.807) is 19.2 Å². The molecule has 1 rings (SSSR count). The molecule has 6 nitrogen and oxygen atoms in total. The first-order valence-corrected chi connectivity index (χ1v) is 8.58. The highest BCUT2D eigenvalue weighted by molar-refractivity contribution is 7.89. The van der Waals surface area contributed by atoms with E-state index in [4.69, 9.17) is 5.14 Å². The summed E-state index contributed by atoms with van der Waals surface area (Å²) in [5.74, 6) is 0.701. The third kappa shape index (κ3) is 6.59. The lowest BCUT2D eigenvalue weighted by Gasteiger charge is -2.12. The Balaban J connectivity index is 2.54. The Hall–Kier alpha value is -1.60. The Kier molecular flexibility index (Phi) is 7.18. The van der Waals surface area contributed by atoms with Gasteiger partial charge in [-0.3, -0.25) is 4.99 Å². The summed E-state index contributed by atoms with van der Waals surface area (Å²) in [4.78, 5) is 4.24. The Morgan fingerprint density at radius 1 is 1.29 bits per heavy atom. The van der Waals surface area contributed by atoms with Crippen molar-refractivity contribution in [3.05, 3.63) is 29.8 Å². The lowest BCUT2D eigenvalue weighted by Crippen LogP contribution is -2.37. The third-order valence-electron chi connectivity index (χ3n) is 2.98. The van der Waals surface area contributed by atoms with Crippen LogP contribution in [0.15, 0.2) is 34.2 Å². The molecule has 0 aliphatic rings. The maximum absolute atomic E-state index is 11.3. The van der Waals surface area contributed by atoms with Crippen LogP contribution in [0.5, 0.6) is 0 Å². The minimum absolute atomic E-state index is 0.118. The molecule has 0 saturated heterocycles. The first-order valence-electron chi connectivity index (χ1n) is 7.03. The number of rotatable bonds is 7. The molecule has 0 aliphatic heterocycles. The van der Waals surface area contributed by atoms with Crippen molar-refractivity contribution in [2.45, 2.75) is 37.6 Å². The van der Waals surface area contributed by atoms with E-state index in [-0.39, 0.29) is 4.90 Å². The van der Waals surface area contributed by atoms with Crippen molar-refractivity contribution in [3.63, 3.8) is 0 Å². The van der Waals surface area contributed by atoms with Crippen LogP contribution in [-0.2, 0) is 16.6 Å². The van der Waals surface area contributed by atoms with Crippen molar-refractivity contribution in [1.82, 2.24) is 10.6 Å². The van der Waals surface area contributed by atoms with Crippen molar-refractivity contribution in [3.8, 4) is 0 Å². The molecule has 0 unspecified atom stereocenters. The highest BCUT2D eigenvalue weighted by Crippen LogP contribution is 2.09. The zero-order valence-corrected chi connectivity index (χ0v) is 13.4. The second-order valence-electron chi connectivity index (χ2n) is 4.75. The maximum Gasteiger partial charge on any atom is 0.238 e. The molecule has 7 heteroatoms. The highest BCUT2D eigenvalue weighted by atomic mass is 32.2. The summed E-state index contributed by atoms with van der Waals surface area (Å²) in [6.45, 7) is 3.51. The number of primary sulfonamides is 1. The largest absolute Gasteiger partial charge is 0.356 e. The Morgan fingerprint density at radius 3 is 2.67 bits per heavy atom. The molecule has 0 fully saturated rings. The molecule has 0 bridgehead atoms. The van der Waals surface area contributed by atoms with Crippen LogP contribution >= 0.6 is 0 Å². The summed E-state index contributed by atoms with van der Waals surface area (Å²) in [6.07, 6.45) is 3.45. The molecule has 0 radical (unpaired) electrons. The van der Waals surface area contributed by atoms with Gasteiger partial charge in [0.25, 0.3) is 0 Å². The molecular formula is C14H24N4O2S. The topological polar surface area (TPSA) is 96.6 Å². The second-order valence-corrected chi connectivity index (χ2v) is 6.31. The fourth-order valence-electron chi connectivity index (χ4n) is 1.82. The van der Waals surface area contributed by atoms with Crippen LogP contribution in [0.25, 0.3) is 0 Å². The Morgan fingerprint density at radius 2 is 2.05 bits per heavy atom. The molecule has 0 aromatic heterocycles. The average Bonchev–Trinajstić information content (AvgIpc) is 2.46. The van der Waals surface area contributed by atoms with Crippen molar-refractivity contribution >= 4 is 16.0 Å². The van der Waals surface area contributed by atoms with Crippen LogP contribution in [0.1, 0.15) is 31.7 Å². The van der Waals surface area contributed by atoms with E-state index in [1.165, 1.54) is 18.9 Å². The number of nitrogens with one attached hydrogen (secondary N) is 2. The quantitative estimate of drug-likeness (QED) is 0.400. The standard InChI is InChI=1S/C14H24N4O2S/c1-3-4-5-9-17-14(16-2)18-11-12-7-6-8-13(10-12)21(15,19)20/h6-8,10H,3-5,9,11H2,1-2H3,(H2,15,19,20)(H2,16,17,18). The summed E-state index contributed by atoms with van der Waals surface area (Å²) < 4.78 is 22.6. The first kappa shape index (κ1) is 17.5. The SMILES string of the molecule is CCCCCNC(=NC)NCc1cccc(S(N)(=O)=O)c1. The van der Waals surface area contributed by atoms with Gasteiger partial charge in [0.05, 0.1) is 4.90 Å². The monoisotopic (exact) mass is 312 g/mol. The maximum atomic E-state index is 11.3. The fraction of sp³-hybridized carbons (Fsp3) is 0.500. The lowest BCUT2D eigenvalue weighted by atomic mass is 10.2. The molecule has 0 atom stereocenters. The molecule has 0 spiro atoms. The van der Waals surface area contributed by atoms with E-state index in [2.05, 4.69) is 22.5 Å². The smallest absolute Gasteiger partial charge is 0.238 e. The number of hydrogen-bond donors (Lipinski definition) is 3. The molecule has 118 valence electrons. The van der Waals surface area contributed by atoms with E-state index < -0.39 is 10.0 Å². The number of nitrogens with zero attached hydrogens (tertiary/aromatic N) is 1. The van der Waals surface area contributed by atoms with Crippen molar-refractivity contribution in [1.29, 1.82) is 0 Å². The van der Waals surface area contributed by atoms with Crippen LogP contribution < -0.4 is 15.8 Å². The normalized spacial score (nSPS) is 12.2. The molecule has 0 aliphatic carbocycles. The van der Waals surface area contributed by atoms with E-state index in [9.17, 15) is 8.42 Å². The number of sulfonamides is 1. The molecular weight excluding hydrogens is 288 g/mol. The third-order valence-corrected chi connectivity index (χ3v) is 3.89. The summed E-state index contributed by atoms with van der Waals surface area (Å²) in [5, 5.41) is 11.5. The van der Waals surface area contributed by atoms with Gasteiger partial charge in [0.2, 0.25) is 10.0 Å². The van der Waals surface area contributed by atoms with Crippen LogP contribution in [0.2, 0.25) is 0 Å². The number of aliphatic imine (C=N–C) groups is 1. The van der Waals surface area contributed by atoms with Gasteiger partial charge < -0.3 is 10.6 Å². The van der Waals surface area contributed by atoms with Gasteiger partial charge in [0, 0.05) is 20.1 Å². The highest BCUT2D eigenvalue weighted by Gasteiger charge is 2.08. The minimum Gasteiger partial charge on any atom is -0.356 e. The van der Waals surface area contributed by atoms with Gasteiger partial charge in [-0.15, -0.1) is 0 Å². The zero-order valence-electron chi connectivity index (χ0n) is 12.6. The van der Waals surface area contributed by atoms with Crippen LogP contribution in [-0.4, -0.2) is 28.0 Å². The minimum atomic E-state index is -3.66. The summed E-state index contributed by atoms with van der Waals surface area (Å²) in [6, 6.07) is 6.56. The van der Waals surface area contributed by atoms with Gasteiger partial charge in [-0.2, -0.15) is 0 Å². The van der Waals surface area contributed by atoms with E-state index in [0.29, 0.717) is 12.5 Å². The predicted octanol–water partition coefficient (Wildman–Crippen LogP) is 1.19. The number of hydrogen-bond acceptors (Lipinski definition) is 3. The number of unbranched alkanes of at least 4 members (excludes halogenated alkanes) is 2. The van der Waals surface area contributed by atoms with Crippen molar-refractivity contribution in [2.75, 3.05) is 13.6 Å². The van der Waals surface area contributed by atoms with Crippen molar-refractivity contribution < 1.29 is 8.42 Å². The predicted molar refractivity (Wildman–Crippen MR) is 85.5 cm³/mol.